The molecule has 1 aliphatic heterocycles. The molecule has 24 heavy (non-hydrogen) atoms. The topological polar surface area (TPSA) is 41.6 Å². The monoisotopic (exact) mass is 341 g/mol. The van der Waals surface area contributed by atoms with Gasteiger partial charge in [0.2, 0.25) is 0 Å². The van der Waals surface area contributed by atoms with Crippen LogP contribution in [0.15, 0.2) is 54.0 Å². The van der Waals surface area contributed by atoms with Crippen molar-refractivity contribution >= 4 is 40.2 Å². The first kappa shape index (κ1) is 18.1. The Hall–Kier alpha value is -2.26. The third kappa shape index (κ3) is 3.46. The van der Waals surface area contributed by atoms with Crippen LogP contribution in [0.1, 0.15) is 33.3 Å². The van der Waals surface area contributed by atoms with Crippen LogP contribution < -0.4 is 10.6 Å². The summed E-state index contributed by atoms with van der Waals surface area (Å²) in [4.78, 5) is 6.89. The molecule has 1 aliphatic rings. The number of nitrogen functional groups attached to an aromatic ring is 1. The summed E-state index contributed by atoms with van der Waals surface area (Å²) in [6.45, 7) is 12.5. The molecule has 0 saturated heterocycles. The molecule has 0 fully saturated rings. The van der Waals surface area contributed by atoms with Gasteiger partial charge in [-0.15, -0.1) is 0 Å². The van der Waals surface area contributed by atoms with Gasteiger partial charge in [0.25, 0.3) is 0 Å². The van der Waals surface area contributed by atoms with Gasteiger partial charge in [-0.25, -0.2) is 4.99 Å². The summed E-state index contributed by atoms with van der Waals surface area (Å²) in [6.07, 6.45) is 0. The summed E-state index contributed by atoms with van der Waals surface area (Å²) < 4.78 is 0. The van der Waals surface area contributed by atoms with Gasteiger partial charge in [0.1, 0.15) is 5.84 Å². The molecule has 0 atom stereocenters. The molecular formula is C20H24ClN3. The average Bonchev–Trinajstić information content (AvgIpc) is 2.57. The van der Waals surface area contributed by atoms with Gasteiger partial charge in [0.15, 0.2) is 0 Å². The van der Waals surface area contributed by atoms with Gasteiger partial charge in [0, 0.05) is 33.6 Å². The van der Waals surface area contributed by atoms with Crippen LogP contribution in [0.3, 0.4) is 0 Å². The summed E-state index contributed by atoms with van der Waals surface area (Å²) in [5.41, 5.74) is 10.4. The van der Waals surface area contributed by atoms with Crippen molar-refractivity contribution in [3.05, 3.63) is 59.6 Å². The third-order valence-electron chi connectivity index (χ3n) is 3.67. The zero-order chi connectivity index (χ0) is 17.9. The first-order valence-corrected chi connectivity index (χ1v) is 8.58. The van der Waals surface area contributed by atoms with Crippen molar-refractivity contribution < 1.29 is 0 Å². The van der Waals surface area contributed by atoms with Crippen molar-refractivity contribution in [3.63, 3.8) is 0 Å². The minimum Gasteiger partial charge on any atom is -0.399 e. The van der Waals surface area contributed by atoms with Crippen LogP contribution in [-0.4, -0.2) is 5.84 Å². The van der Waals surface area contributed by atoms with Crippen LogP contribution >= 0.6 is 11.6 Å². The van der Waals surface area contributed by atoms with Crippen LogP contribution in [-0.2, 0) is 0 Å². The summed E-state index contributed by atoms with van der Waals surface area (Å²) in [6, 6.07) is 13.4. The molecule has 1 heterocycles. The van der Waals surface area contributed by atoms with Crippen LogP contribution in [0.5, 0.6) is 0 Å². The van der Waals surface area contributed by atoms with Gasteiger partial charge < -0.3 is 5.73 Å². The fourth-order valence-corrected chi connectivity index (χ4v) is 2.71. The molecule has 3 nitrogen and oxygen atoms in total. The van der Waals surface area contributed by atoms with Crippen LogP contribution in [0.25, 0.3) is 5.70 Å². The predicted molar refractivity (Wildman–Crippen MR) is 107 cm³/mol. The molecule has 0 amide bonds. The van der Waals surface area contributed by atoms with E-state index in [1.54, 1.807) is 0 Å². The number of anilines is 2. The third-order valence-corrected chi connectivity index (χ3v) is 3.92. The number of halogens is 1. The highest BCUT2D eigenvalue weighted by molar-refractivity contribution is 6.30. The molecule has 0 spiro atoms. The Labute approximate surface area is 149 Å². The van der Waals surface area contributed by atoms with Gasteiger partial charge in [-0.05, 0) is 42.5 Å². The van der Waals surface area contributed by atoms with E-state index in [1.165, 1.54) is 0 Å². The summed E-state index contributed by atoms with van der Waals surface area (Å²) in [5, 5.41) is 0.711. The number of nitrogens with two attached hydrogens (primary N) is 1. The minimum atomic E-state index is 0.252. The van der Waals surface area contributed by atoms with E-state index < -0.39 is 0 Å². The molecule has 2 aromatic carbocycles. The molecule has 3 rings (SSSR count). The van der Waals surface area contributed by atoms with E-state index in [0.29, 0.717) is 10.7 Å². The van der Waals surface area contributed by atoms with E-state index >= 15 is 0 Å². The van der Waals surface area contributed by atoms with Gasteiger partial charge in [-0.2, -0.15) is 0 Å². The Morgan fingerprint density at radius 1 is 1.08 bits per heavy atom. The van der Waals surface area contributed by atoms with Crippen molar-refractivity contribution in [2.75, 3.05) is 10.6 Å². The first-order chi connectivity index (χ1) is 11.5. The van der Waals surface area contributed by atoms with Gasteiger partial charge in [0.05, 0.1) is 5.69 Å². The Morgan fingerprint density at radius 3 is 2.29 bits per heavy atom. The maximum atomic E-state index is 6.00. The fraction of sp³-hybridized carbons (Fsp3) is 0.250. The lowest BCUT2D eigenvalue weighted by molar-refractivity contribution is 0.863. The zero-order valence-electron chi connectivity index (χ0n) is 14.7. The summed E-state index contributed by atoms with van der Waals surface area (Å²) >= 11 is 6.00. The Balaban J connectivity index is 0.00000100. The number of benzene rings is 2. The highest BCUT2D eigenvalue weighted by Crippen LogP contribution is 2.38. The number of amidine groups is 1. The van der Waals surface area contributed by atoms with E-state index in [2.05, 4.69) is 25.3 Å². The average molecular weight is 342 g/mol. The number of aliphatic imine (C=N–C) groups is 1. The highest BCUT2D eigenvalue weighted by Gasteiger charge is 2.26. The van der Waals surface area contributed by atoms with Gasteiger partial charge in [-0.3, -0.25) is 4.90 Å². The number of nitrogens with zero attached hydrogens (tertiary/aromatic N) is 2. The van der Waals surface area contributed by atoms with Crippen molar-refractivity contribution in [2.45, 2.75) is 27.7 Å². The lowest BCUT2D eigenvalue weighted by Crippen LogP contribution is -2.34. The van der Waals surface area contributed by atoms with Gasteiger partial charge in [-0.1, -0.05) is 45.9 Å². The van der Waals surface area contributed by atoms with Crippen LogP contribution in [0.2, 0.25) is 5.02 Å². The molecule has 4 heteroatoms. The lowest BCUT2D eigenvalue weighted by Gasteiger charge is -2.34. The molecule has 0 aromatic heterocycles. The normalized spacial score (nSPS) is 13.2. The summed E-state index contributed by atoms with van der Waals surface area (Å²) in [7, 11) is 0. The maximum Gasteiger partial charge on any atom is 0.116 e. The Morgan fingerprint density at radius 2 is 1.71 bits per heavy atom. The lowest BCUT2D eigenvalue weighted by atomic mass is 10.0. The minimum absolute atomic E-state index is 0.252. The smallest absolute Gasteiger partial charge is 0.116 e. The van der Waals surface area contributed by atoms with Crippen molar-refractivity contribution in [2.24, 2.45) is 10.9 Å². The molecule has 2 aromatic rings. The highest BCUT2D eigenvalue weighted by atomic mass is 35.5. The Kier molecular flexibility index (Phi) is 5.68. The van der Waals surface area contributed by atoms with E-state index in [0.717, 1.165) is 28.5 Å². The molecular weight excluding hydrogens is 318 g/mol. The second-order valence-electron chi connectivity index (χ2n) is 5.66. The van der Waals surface area contributed by atoms with Crippen LogP contribution in [0.4, 0.5) is 17.1 Å². The second-order valence-corrected chi connectivity index (χ2v) is 6.10. The summed E-state index contributed by atoms with van der Waals surface area (Å²) in [5.74, 6) is 1.20. The SMILES string of the molecule is C=C1c2ccc(N)cc2N=C(C(C)C)N1c1ccc(Cl)cc1.CC. The quantitative estimate of drug-likeness (QED) is 0.668. The van der Waals surface area contributed by atoms with E-state index in [1.807, 2.05) is 56.3 Å². The van der Waals surface area contributed by atoms with E-state index in [4.69, 9.17) is 22.3 Å². The number of hydrogen-bond donors (Lipinski definition) is 1. The molecule has 0 saturated carbocycles. The van der Waals surface area contributed by atoms with Gasteiger partial charge >= 0.3 is 0 Å². The standard InChI is InChI=1S/C18H18ClN3.C2H6/c1-11(2)18-21-17-10-14(20)6-9-16(17)12(3)22(18)15-7-4-13(19)5-8-15;1-2/h4-11H,3,20H2,1-2H3;1-2H3. The Bertz CT molecular complexity index is 761. The first-order valence-electron chi connectivity index (χ1n) is 8.20. The number of rotatable bonds is 2. The largest absolute Gasteiger partial charge is 0.399 e. The van der Waals surface area contributed by atoms with Crippen molar-refractivity contribution in [1.82, 2.24) is 0 Å². The predicted octanol–water partition coefficient (Wildman–Crippen LogP) is 6.13. The molecule has 126 valence electrons. The second kappa shape index (κ2) is 7.54. The van der Waals surface area contributed by atoms with Crippen molar-refractivity contribution in [1.29, 1.82) is 0 Å². The molecule has 0 unspecified atom stereocenters. The van der Waals surface area contributed by atoms with E-state index in [9.17, 15) is 0 Å². The van der Waals surface area contributed by atoms with Crippen LogP contribution in [0, 0.1) is 5.92 Å². The maximum absolute atomic E-state index is 6.00. The number of hydrogen-bond acceptors (Lipinski definition) is 3. The fourth-order valence-electron chi connectivity index (χ4n) is 2.58. The van der Waals surface area contributed by atoms with Crippen molar-refractivity contribution in [3.8, 4) is 0 Å². The molecule has 0 radical (unpaired) electrons. The number of fused-ring (bicyclic) bond motifs is 1. The van der Waals surface area contributed by atoms with E-state index in [-0.39, 0.29) is 5.92 Å². The zero-order valence-corrected chi connectivity index (χ0v) is 15.4. The molecule has 2 N–H and O–H groups in total. The molecule has 0 aliphatic carbocycles. The molecule has 0 bridgehead atoms.